The fourth-order valence-electron chi connectivity index (χ4n) is 1.51. The molecule has 0 fully saturated rings. The van der Waals surface area contributed by atoms with Gasteiger partial charge in [-0.3, -0.25) is 4.79 Å². The summed E-state index contributed by atoms with van der Waals surface area (Å²) < 4.78 is 36.4. The van der Waals surface area contributed by atoms with Crippen LogP contribution in [0.2, 0.25) is 5.15 Å². The number of anilines is 1. The van der Waals surface area contributed by atoms with E-state index in [0.29, 0.717) is 12.4 Å². The summed E-state index contributed by atoms with van der Waals surface area (Å²) in [6.07, 6.45) is -5.34. The van der Waals surface area contributed by atoms with E-state index in [2.05, 4.69) is 10.3 Å². The molecule has 1 N–H and O–H groups in total. The molecule has 112 valence electrons. The van der Waals surface area contributed by atoms with Gasteiger partial charge in [0.25, 0.3) is 5.91 Å². The fourth-order valence-corrected chi connectivity index (χ4v) is 1.72. The molecule has 0 aliphatic carbocycles. The number of amides is 1. The van der Waals surface area contributed by atoms with Crippen LogP contribution in [0.15, 0.2) is 12.1 Å². The molecule has 0 bridgehead atoms. The van der Waals surface area contributed by atoms with Crippen LogP contribution in [-0.2, 0) is 0 Å². The Labute approximate surface area is 119 Å². The third-order valence-corrected chi connectivity index (χ3v) is 2.67. The number of hydrogen-bond acceptors (Lipinski definition) is 3. The number of halogens is 4. The number of aromatic nitrogens is 1. The van der Waals surface area contributed by atoms with Crippen LogP contribution >= 0.6 is 11.6 Å². The molecular weight excluding hydrogens is 295 g/mol. The summed E-state index contributed by atoms with van der Waals surface area (Å²) in [4.78, 5) is 17.0. The van der Waals surface area contributed by atoms with Crippen molar-refractivity contribution in [3.05, 3.63) is 22.8 Å². The molecule has 20 heavy (non-hydrogen) atoms. The minimum atomic E-state index is -4.29. The second kappa shape index (κ2) is 6.78. The first-order valence-electron chi connectivity index (χ1n) is 5.96. The van der Waals surface area contributed by atoms with Crippen molar-refractivity contribution in [3.8, 4) is 0 Å². The first-order valence-corrected chi connectivity index (χ1v) is 6.34. The number of nitrogens with one attached hydrogen (secondary N) is 1. The first-order chi connectivity index (χ1) is 9.23. The second-order valence-electron chi connectivity index (χ2n) is 4.19. The molecule has 0 saturated carbocycles. The van der Waals surface area contributed by atoms with Gasteiger partial charge in [-0.1, -0.05) is 11.6 Å². The van der Waals surface area contributed by atoms with E-state index in [4.69, 9.17) is 11.6 Å². The predicted octanol–water partition coefficient (Wildman–Crippen LogP) is 3.19. The highest BCUT2D eigenvalue weighted by atomic mass is 35.5. The van der Waals surface area contributed by atoms with Gasteiger partial charge in [0.2, 0.25) is 0 Å². The molecule has 1 aromatic rings. The standard InChI is InChI=1S/C12H15ClF3N3O/c1-3-17-10-7-8(6-9(13)18-10)11(20)19(2)5-4-12(14,15)16/h6-7H,3-5H2,1-2H3,(H,17,18). The third kappa shape index (κ3) is 5.24. The molecular formula is C12H15ClF3N3O. The highest BCUT2D eigenvalue weighted by Crippen LogP contribution is 2.21. The molecule has 0 saturated heterocycles. The van der Waals surface area contributed by atoms with Crippen LogP contribution in [0, 0.1) is 0 Å². The Kier molecular flexibility index (Phi) is 5.62. The van der Waals surface area contributed by atoms with Crippen molar-refractivity contribution in [2.24, 2.45) is 0 Å². The van der Waals surface area contributed by atoms with Crippen molar-refractivity contribution < 1.29 is 18.0 Å². The Hall–Kier alpha value is -1.50. The molecule has 1 rings (SSSR count). The van der Waals surface area contributed by atoms with Crippen molar-refractivity contribution in [2.45, 2.75) is 19.5 Å². The van der Waals surface area contributed by atoms with Crippen LogP contribution < -0.4 is 5.32 Å². The van der Waals surface area contributed by atoms with Crippen LogP contribution in [0.25, 0.3) is 0 Å². The van der Waals surface area contributed by atoms with Crippen LogP contribution in [0.4, 0.5) is 19.0 Å². The molecule has 0 aliphatic rings. The number of hydrogen-bond donors (Lipinski definition) is 1. The van der Waals surface area contributed by atoms with E-state index < -0.39 is 25.0 Å². The smallest absolute Gasteiger partial charge is 0.370 e. The highest BCUT2D eigenvalue weighted by molar-refractivity contribution is 6.29. The average Bonchev–Trinajstić information content (AvgIpc) is 2.34. The largest absolute Gasteiger partial charge is 0.390 e. The first kappa shape index (κ1) is 16.6. The van der Waals surface area contributed by atoms with Crippen molar-refractivity contribution in [1.29, 1.82) is 0 Å². The maximum Gasteiger partial charge on any atom is 0.390 e. The molecule has 0 aliphatic heterocycles. The van der Waals surface area contributed by atoms with Crippen molar-refractivity contribution in [1.82, 2.24) is 9.88 Å². The molecule has 1 amide bonds. The van der Waals surface area contributed by atoms with Gasteiger partial charge in [0, 0.05) is 25.7 Å². The Morgan fingerprint density at radius 1 is 1.45 bits per heavy atom. The zero-order valence-corrected chi connectivity index (χ0v) is 11.8. The molecule has 0 spiro atoms. The fraction of sp³-hybridized carbons (Fsp3) is 0.500. The molecule has 0 radical (unpaired) electrons. The Morgan fingerprint density at radius 2 is 2.10 bits per heavy atom. The Bertz CT molecular complexity index is 480. The zero-order valence-electron chi connectivity index (χ0n) is 11.1. The summed E-state index contributed by atoms with van der Waals surface area (Å²) in [5.41, 5.74) is 0.200. The number of nitrogens with zero attached hydrogens (tertiary/aromatic N) is 2. The third-order valence-electron chi connectivity index (χ3n) is 2.48. The van der Waals surface area contributed by atoms with Gasteiger partial charge in [-0.2, -0.15) is 13.2 Å². The van der Waals surface area contributed by atoms with Gasteiger partial charge in [0.15, 0.2) is 0 Å². The van der Waals surface area contributed by atoms with E-state index >= 15 is 0 Å². The lowest BCUT2D eigenvalue weighted by molar-refractivity contribution is -0.136. The minimum Gasteiger partial charge on any atom is -0.370 e. The van der Waals surface area contributed by atoms with Gasteiger partial charge < -0.3 is 10.2 Å². The number of alkyl halides is 3. The van der Waals surface area contributed by atoms with Crippen molar-refractivity contribution >= 4 is 23.3 Å². The lowest BCUT2D eigenvalue weighted by Gasteiger charge is -2.18. The summed E-state index contributed by atoms with van der Waals surface area (Å²) in [7, 11) is 1.31. The van der Waals surface area contributed by atoms with Crippen LogP contribution in [0.3, 0.4) is 0 Å². The van der Waals surface area contributed by atoms with Gasteiger partial charge >= 0.3 is 6.18 Å². The van der Waals surface area contributed by atoms with Crippen molar-refractivity contribution in [3.63, 3.8) is 0 Å². The Balaban J connectivity index is 2.80. The maximum absolute atomic E-state index is 12.1. The van der Waals surface area contributed by atoms with Gasteiger partial charge in [0.1, 0.15) is 11.0 Å². The van der Waals surface area contributed by atoms with Gasteiger partial charge in [-0.15, -0.1) is 0 Å². The molecule has 0 unspecified atom stereocenters. The van der Waals surface area contributed by atoms with E-state index in [1.165, 1.54) is 19.2 Å². The average molecular weight is 310 g/mol. The molecule has 4 nitrogen and oxygen atoms in total. The Morgan fingerprint density at radius 3 is 2.65 bits per heavy atom. The van der Waals surface area contributed by atoms with E-state index in [9.17, 15) is 18.0 Å². The van der Waals surface area contributed by atoms with Crippen molar-refractivity contribution in [2.75, 3.05) is 25.5 Å². The number of carbonyl (C=O) groups excluding carboxylic acids is 1. The van der Waals surface area contributed by atoms with Gasteiger partial charge in [-0.25, -0.2) is 4.98 Å². The summed E-state index contributed by atoms with van der Waals surface area (Å²) in [5, 5.41) is 3.00. The molecule has 8 heteroatoms. The lowest BCUT2D eigenvalue weighted by Crippen LogP contribution is -2.30. The van der Waals surface area contributed by atoms with Crippen LogP contribution in [-0.4, -0.2) is 42.1 Å². The molecule has 0 aromatic carbocycles. The summed E-state index contributed by atoms with van der Waals surface area (Å²) in [6, 6.07) is 2.79. The number of rotatable bonds is 5. The van der Waals surface area contributed by atoms with Gasteiger partial charge in [-0.05, 0) is 19.1 Å². The maximum atomic E-state index is 12.1. The SMILES string of the molecule is CCNc1cc(C(=O)N(C)CCC(F)(F)F)cc(Cl)n1. The zero-order chi connectivity index (χ0) is 15.3. The summed E-state index contributed by atoms with van der Waals surface area (Å²) in [6.45, 7) is 2.03. The second-order valence-corrected chi connectivity index (χ2v) is 4.57. The molecule has 0 atom stereocenters. The van der Waals surface area contributed by atoms with E-state index in [1.54, 1.807) is 0 Å². The van der Waals surface area contributed by atoms with E-state index in [0.717, 1.165) is 4.90 Å². The summed E-state index contributed by atoms with van der Waals surface area (Å²) in [5.74, 6) is -0.120. The van der Waals surface area contributed by atoms with Gasteiger partial charge in [0.05, 0.1) is 6.42 Å². The monoisotopic (exact) mass is 309 g/mol. The number of carbonyl (C=O) groups is 1. The number of pyridine rings is 1. The normalized spacial score (nSPS) is 11.3. The van der Waals surface area contributed by atoms with Crippen LogP contribution in [0.1, 0.15) is 23.7 Å². The minimum absolute atomic E-state index is 0.107. The van der Waals surface area contributed by atoms with E-state index in [-0.39, 0.29) is 10.7 Å². The summed E-state index contributed by atoms with van der Waals surface area (Å²) >= 11 is 5.78. The highest BCUT2D eigenvalue weighted by Gasteiger charge is 2.28. The van der Waals surface area contributed by atoms with Crippen LogP contribution in [0.5, 0.6) is 0 Å². The molecule has 1 aromatic heterocycles. The van der Waals surface area contributed by atoms with E-state index in [1.807, 2.05) is 6.92 Å². The predicted molar refractivity (Wildman–Crippen MR) is 71.0 cm³/mol. The lowest BCUT2D eigenvalue weighted by atomic mass is 10.2. The molecule has 1 heterocycles. The quantitative estimate of drug-likeness (QED) is 0.850. The topological polar surface area (TPSA) is 45.2 Å².